The lowest BCUT2D eigenvalue weighted by molar-refractivity contribution is -0.145. The monoisotopic (exact) mass is 254 g/mol. The zero-order valence-electron chi connectivity index (χ0n) is 9.04. The van der Waals surface area contributed by atoms with Gasteiger partial charge in [-0.05, 0) is 0 Å². The Balaban J connectivity index is 2.85. The fourth-order valence-electron chi connectivity index (χ4n) is 1.20. The summed E-state index contributed by atoms with van der Waals surface area (Å²) in [5, 5.41) is 19.2. The third-order valence-electron chi connectivity index (χ3n) is 2.05. The van der Waals surface area contributed by atoms with E-state index in [-0.39, 0.29) is 5.56 Å². The predicted octanol–water partition coefficient (Wildman–Crippen LogP) is -0.967. The molecule has 96 valence electrons. The summed E-state index contributed by atoms with van der Waals surface area (Å²) in [5.41, 5.74) is -0.875. The summed E-state index contributed by atoms with van der Waals surface area (Å²) < 4.78 is 0. The lowest BCUT2D eigenvalue weighted by Crippen LogP contribution is -2.43. The largest absolute Gasteiger partial charge is 0.481 e. The number of nitrogens with one attached hydrogen (secondary N) is 2. The lowest BCUT2D eigenvalue weighted by atomic mass is 10.2. The first-order chi connectivity index (χ1) is 8.41. The Bertz CT molecular complexity index is 535. The van der Waals surface area contributed by atoms with E-state index in [9.17, 15) is 19.2 Å². The fraction of sp³-hybridized carbons (Fsp3) is 0.200. The molecule has 0 aliphatic carbocycles. The highest BCUT2D eigenvalue weighted by molar-refractivity contribution is 5.96. The van der Waals surface area contributed by atoms with Crippen LogP contribution in [0.15, 0.2) is 23.3 Å². The molecular weight excluding hydrogens is 244 g/mol. The Morgan fingerprint density at radius 2 is 2.00 bits per heavy atom. The Labute approximate surface area is 100 Å². The molecule has 18 heavy (non-hydrogen) atoms. The summed E-state index contributed by atoms with van der Waals surface area (Å²) in [5.74, 6) is -3.80. The van der Waals surface area contributed by atoms with E-state index in [1.54, 1.807) is 0 Å². The van der Waals surface area contributed by atoms with Gasteiger partial charge in [-0.25, -0.2) is 4.79 Å². The van der Waals surface area contributed by atoms with Crippen LogP contribution in [0, 0.1) is 0 Å². The number of carbonyl (C=O) groups is 3. The Hall–Kier alpha value is -2.64. The van der Waals surface area contributed by atoms with E-state index in [4.69, 9.17) is 10.2 Å². The summed E-state index contributed by atoms with van der Waals surface area (Å²) in [4.78, 5) is 46.5. The van der Waals surface area contributed by atoms with Gasteiger partial charge >= 0.3 is 11.9 Å². The molecule has 0 radical (unpaired) electrons. The van der Waals surface area contributed by atoms with Gasteiger partial charge in [-0.3, -0.25) is 14.4 Å². The van der Waals surface area contributed by atoms with Crippen molar-refractivity contribution in [2.45, 2.75) is 12.5 Å². The van der Waals surface area contributed by atoms with Gasteiger partial charge in [0.05, 0.1) is 6.42 Å². The first kappa shape index (κ1) is 13.4. The number of hydrogen-bond acceptors (Lipinski definition) is 4. The van der Waals surface area contributed by atoms with Crippen molar-refractivity contribution in [1.82, 2.24) is 10.3 Å². The summed E-state index contributed by atoms with van der Waals surface area (Å²) >= 11 is 0. The van der Waals surface area contributed by atoms with Crippen LogP contribution in [-0.4, -0.2) is 39.1 Å². The maximum absolute atomic E-state index is 11.6. The molecule has 4 N–H and O–H groups in total. The number of H-pyrrole nitrogens is 1. The molecule has 0 saturated heterocycles. The molecular formula is C10H10N2O6. The molecule has 1 aromatic rings. The Kier molecular flexibility index (Phi) is 4.19. The second-order valence-corrected chi connectivity index (χ2v) is 3.38. The summed E-state index contributed by atoms with van der Waals surface area (Å²) in [6.45, 7) is 0. The molecule has 0 bridgehead atoms. The topological polar surface area (TPSA) is 137 Å². The van der Waals surface area contributed by atoms with Gasteiger partial charge in [0.15, 0.2) is 5.43 Å². The van der Waals surface area contributed by atoms with E-state index in [0.717, 1.165) is 12.3 Å². The minimum atomic E-state index is -1.59. The number of aliphatic carboxylic acids is 2. The van der Waals surface area contributed by atoms with Crippen LogP contribution in [0.1, 0.15) is 16.8 Å². The quantitative estimate of drug-likeness (QED) is 0.533. The Morgan fingerprint density at radius 3 is 2.50 bits per heavy atom. The summed E-state index contributed by atoms with van der Waals surface area (Å²) in [6.07, 6.45) is 1.65. The molecule has 1 aromatic heterocycles. The molecule has 0 aliphatic heterocycles. The zero-order valence-corrected chi connectivity index (χ0v) is 9.04. The van der Waals surface area contributed by atoms with Crippen LogP contribution in [0.2, 0.25) is 0 Å². The fourth-order valence-corrected chi connectivity index (χ4v) is 1.20. The maximum Gasteiger partial charge on any atom is 0.326 e. The Morgan fingerprint density at radius 1 is 1.33 bits per heavy atom. The van der Waals surface area contributed by atoms with Gasteiger partial charge < -0.3 is 20.5 Å². The average Bonchev–Trinajstić information content (AvgIpc) is 2.27. The predicted molar refractivity (Wildman–Crippen MR) is 58.2 cm³/mol. The second kappa shape index (κ2) is 5.62. The SMILES string of the molecule is O=C(O)C[C@@H](NC(=O)c1c[nH]ccc1=O)C(=O)O. The number of pyridine rings is 1. The van der Waals surface area contributed by atoms with Gasteiger partial charge in [0.1, 0.15) is 11.6 Å². The van der Waals surface area contributed by atoms with Crippen LogP contribution < -0.4 is 10.7 Å². The van der Waals surface area contributed by atoms with Crippen molar-refractivity contribution in [3.8, 4) is 0 Å². The van der Waals surface area contributed by atoms with E-state index >= 15 is 0 Å². The van der Waals surface area contributed by atoms with Crippen molar-refractivity contribution in [2.75, 3.05) is 0 Å². The van der Waals surface area contributed by atoms with Crippen molar-refractivity contribution in [3.63, 3.8) is 0 Å². The number of carboxylic acid groups (broad SMARTS) is 2. The third kappa shape index (κ3) is 3.44. The number of aromatic nitrogens is 1. The van der Waals surface area contributed by atoms with Crippen LogP contribution in [-0.2, 0) is 9.59 Å². The molecule has 1 amide bonds. The van der Waals surface area contributed by atoms with E-state index in [1.165, 1.54) is 6.20 Å². The minimum Gasteiger partial charge on any atom is -0.481 e. The van der Waals surface area contributed by atoms with Gasteiger partial charge in [0.25, 0.3) is 5.91 Å². The van der Waals surface area contributed by atoms with Crippen molar-refractivity contribution in [2.24, 2.45) is 0 Å². The highest BCUT2D eigenvalue weighted by Gasteiger charge is 2.24. The van der Waals surface area contributed by atoms with E-state index < -0.39 is 35.7 Å². The molecule has 0 aliphatic rings. The number of aromatic amines is 1. The molecule has 1 atom stereocenters. The zero-order chi connectivity index (χ0) is 13.7. The first-order valence-corrected chi connectivity index (χ1v) is 4.84. The molecule has 8 heteroatoms. The smallest absolute Gasteiger partial charge is 0.326 e. The molecule has 8 nitrogen and oxygen atoms in total. The molecule has 0 fully saturated rings. The van der Waals surface area contributed by atoms with Crippen LogP contribution in [0.25, 0.3) is 0 Å². The van der Waals surface area contributed by atoms with Crippen LogP contribution in [0.3, 0.4) is 0 Å². The van der Waals surface area contributed by atoms with Gasteiger partial charge in [0.2, 0.25) is 0 Å². The van der Waals surface area contributed by atoms with Crippen LogP contribution in [0.4, 0.5) is 0 Å². The third-order valence-corrected chi connectivity index (χ3v) is 2.05. The van der Waals surface area contributed by atoms with Crippen LogP contribution in [0.5, 0.6) is 0 Å². The van der Waals surface area contributed by atoms with E-state index in [1.807, 2.05) is 5.32 Å². The average molecular weight is 254 g/mol. The van der Waals surface area contributed by atoms with Crippen LogP contribution >= 0.6 is 0 Å². The molecule has 1 heterocycles. The van der Waals surface area contributed by atoms with Gasteiger partial charge in [-0.15, -0.1) is 0 Å². The van der Waals surface area contributed by atoms with Crippen molar-refractivity contribution < 1.29 is 24.6 Å². The maximum atomic E-state index is 11.6. The molecule has 0 saturated carbocycles. The molecule has 0 unspecified atom stereocenters. The number of carboxylic acids is 2. The van der Waals surface area contributed by atoms with Crippen molar-refractivity contribution in [3.05, 3.63) is 34.2 Å². The number of amides is 1. The number of rotatable bonds is 5. The minimum absolute atomic E-state index is 0.283. The molecule has 0 spiro atoms. The lowest BCUT2D eigenvalue weighted by Gasteiger charge is -2.11. The van der Waals surface area contributed by atoms with Gasteiger partial charge in [0, 0.05) is 18.5 Å². The van der Waals surface area contributed by atoms with E-state index in [2.05, 4.69) is 4.98 Å². The van der Waals surface area contributed by atoms with Crippen molar-refractivity contribution in [1.29, 1.82) is 0 Å². The normalized spacial score (nSPS) is 11.6. The summed E-state index contributed by atoms with van der Waals surface area (Å²) in [7, 11) is 0. The summed E-state index contributed by atoms with van der Waals surface area (Å²) in [6, 6.07) is -0.489. The molecule has 1 rings (SSSR count). The standard InChI is InChI=1S/C10H10N2O6/c13-7-1-2-11-4-5(7)9(16)12-6(10(17)18)3-8(14)15/h1-2,4,6H,3H2,(H,11,13)(H,12,16)(H,14,15)(H,17,18)/t6-/m1/s1. The second-order valence-electron chi connectivity index (χ2n) is 3.38. The number of hydrogen-bond donors (Lipinski definition) is 4. The first-order valence-electron chi connectivity index (χ1n) is 4.84. The highest BCUT2D eigenvalue weighted by atomic mass is 16.4. The van der Waals surface area contributed by atoms with Crippen molar-refractivity contribution >= 4 is 17.8 Å². The van der Waals surface area contributed by atoms with Gasteiger partial charge in [-0.2, -0.15) is 0 Å². The van der Waals surface area contributed by atoms with Gasteiger partial charge in [-0.1, -0.05) is 0 Å². The number of carbonyl (C=O) groups excluding carboxylic acids is 1. The van der Waals surface area contributed by atoms with E-state index in [0.29, 0.717) is 0 Å². The highest BCUT2D eigenvalue weighted by Crippen LogP contribution is 1.96. The molecule has 0 aromatic carbocycles.